The molecule has 0 amide bonds. The number of Topliss-reactive ketones (excluding diaryl/α,β-unsaturated/α-hetero) is 1. The van der Waals surface area contributed by atoms with Crippen LogP contribution in [0.2, 0.25) is 0 Å². The molecule has 0 aliphatic carbocycles. The third-order valence-electron chi connectivity index (χ3n) is 6.28. The van der Waals surface area contributed by atoms with Crippen LogP contribution in [0, 0.1) is 13.8 Å². The van der Waals surface area contributed by atoms with Gasteiger partial charge in [0.2, 0.25) is 0 Å². The van der Waals surface area contributed by atoms with Crippen molar-refractivity contribution in [1.82, 2.24) is 4.90 Å². The molecule has 0 aromatic heterocycles. The Kier molecular flexibility index (Phi) is 6.76. The molecule has 1 heterocycles. The molecule has 1 unspecified atom stereocenters. The third kappa shape index (κ3) is 4.39. The number of ether oxygens (including phenoxy) is 1. The van der Waals surface area contributed by atoms with E-state index in [1.807, 2.05) is 32.3 Å². The fourth-order valence-corrected chi connectivity index (χ4v) is 4.62. The average molecular weight is 395 g/mol. The van der Waals surface area contributed by atoms with Gasteiger partial charge in [0, 0.05) is 24.3 Å². The number of hydrogen-bond acceptors (Lipinski definition) is 4. The van der Waals surface area contributed by atoms with Crippen LogP contribution >= 0.6 is 0 Å². The molecule has 0 spiro atoms. The van der Waals surface area contributed by atoms with E-state index in [1.54, 1.807) is 0 Å². The predicted molar refractivity (Wildman–Crippen MR) is 120 cm³/mol. The van der Waals surface area contributed by atoms with Gasteiger partial charge in [0.1, 0.15) is 0 Å². The molecule has 4 nitrogen and oxygen atoms in total. The first-order chi connectivity index (χ1) is 13.9. The monoisotopic (exact) mass is 394 g/mol. The number of carbonyl (C=O) groups is 1. The maximum Gasteiger partial charge on any atom is 0.183 e. The van der Waals surface area contributed by atoms with Crippen molar-refractivity contribution in [3.63, 3.8) is 0 Å². The number of morpholine rings is 1. The van der Waals surface area contributed by atoms with Gasteiger partial charge in [0.25, 0.3) is 0 Å². The summed E-state index contributed by atoms with van der Waals surface area (Å²) in [6.07, 6.45) is 1.47. The summed E-state index contributed by atoms with van der Waals surface area (Å²) in [5.74, 6) is 0.202. The van der Waals surface area contributed by atoms with E-state index >= 15 is 0 Å². The van der Waals surface area contributed by atoms with Crippen molar-refractivity contribution in [3.8, 4) is 0 Å². The second-order valence-electron chi connectivity index (χ2n) is 8.33. The lowest BCUT2D eigenvalue weighted by Crippen LogP contribution is -2.52. The largest absolute Gasteiger partial charge is 0.378 e. The Labute approximate surface area is 175 Å². The molecule has 3 rings (SSSR count). The number of aryl methyl sites for hydroxylation is 2. The highest BCUT2D eigenvalue weighted by Crippen LogP contribution is 2.32. The van der Waals surface area contributed by atoms with Crippen molar-refractivity contribution >= 4 is 11.5 Å². The van der Waals surface area contributed by atoms with E-state index in [1.165, 1.54) is 22.4 Å². The first-order valence-electron chi connectivity index (χ1n) is 10.6. The summed E-state index contributed by atoms with van der Waals surface area (Å²) in [6, 6.07) is 14.5. The maximum absolute atomic E-state index is 13.9. The summed E-state index contributed by atoms with van der Waals surface area (Å²) in [5, 5.41) is 0. The van der Waals surface area contributed by atoms with Crippen LogP contribution in [0.3, 0.4) is 0 Å². The Morgan fingerprint density at radius 1 is 1.07 bits per heavy atom. The normalized spacial score (nSPS) is 16.7. The molecule has 4 heteroatoms. The van der Waals surface area contributed by atoms with Gasteiger partial charge < -0.3 is 9.64 Å². The number of hydrogen-bond donors (Lipinski definition) is 0. The zero-order chi connectivity index (χ0) is 21.0. The van der Waals surface area contributed by atoms with Crippen LogP contribution in [0.25, 0.3) is 0 Å². The molecular weight excluding hydrogens is 360 g/mol. The van der Waals surface area contributed by atoms with E-state index in [0.29, 0.717) is 6.42 Å². The summed E-state index contributed by atoms with van der Waals surface area (Å²) in [6.45, 7) is 9.68. The summed E-state index contributed by atoms with van der Waals surface area (Å²) in [5.41, 5.74) is 5.02. The predicted octanol–water partition coefficient (Wildman–Crippen LogP) is 4.28. The Bertz CT molecular complexity index is 818. The Morgan fingerprint density at radius 2 is 1.66 bits per heavy atom. The van der Waals surface area contributed by atoms with Gasteiger partial charge in [-0.1, -0.05) is 37.3 Å². The van der Waals surface area contributed by atoms with E-state index in [9.17, 15) is 4.79 Å². The van der Waals surface area contributed by atoms with Crippen molar-refractivity contribution in [2.45, 2.75) is 39.2 Å². The minimum atomic E-state index is -0.555. The van der Waals surface area contributed by atoms with Crippen LogP contribution in [0.1, 0.15) is 40.4 Å². The van der Waals surface area contributed by atoms with E-state index < -0.39 is 5.54 Å². The Balaban J connectivity index is 1.97. The number of benzene rings is 2. The van der Waals surface area contributed by atoms with Crippen molar-refractivity contribution in [1.29, 1.82) is 0 Å². The molecule has 0 bridgehead atoms. The lowest BCUT2D eigenvalue weighted by atomic mass is 9.79. The van der Waals surface area contributed by atoms with E-state index in [2.05, 4.69) is 54.8 Å². The van der Waals surface area contributed by atoms with Crippen molar-refractivity contribution < 1.29 is 9.53 Å². The quantitative estimate of drug-likeness (QED) is 0.657. The zero-order valence-electron chi connectivity index (χ0n) is 18.5. The summed E-state index contributed by atoms with van der Waals surface area (Å²) in [4.78, 5) is 18.3. The van der Waals surface area contributed by atoms with Crippen LogP contribution in [0.5, 0.6) is 0 Å². The molecule has 1 saturated heterocycles. The topological polar surface area (TPSA) is 32.8 Å². The van der Waals surface area contributed by atoms with Crippen LogP contribution in [0.15, 0.2) is 42.5 Å². The first-order valence-corrected chi connectivity index (χ1v) is 10.6. The number of ketones is 1. The zero-order valence-corrected chi connectivity index (χ0v) is 18.5. The molecule has 29 heavy (non-hydrogen) atoms. The highest BCUT2D eigenvalue weighted by atomic mass is 16.5. The average Bonchev–Trinajstić information content (AvgIpc) is 2.72. The highest BCUT2D eigenvalue weighted by molar-refractivity contribution is 6.04. The number of rotatable bonds is 7. The number of likely N-dealkylation sites (N-methyl/N-ethyl adjacent to an activating group) is 1. The van der Waals surface area contributed by atoms with Gasteiger partial charge in [-0.15, -0.1) is 0 Å². The highest BCUT2D eigenvalue weighted by Gasteiger charge is 2.39. The van der Waals surface area contributed by atoms with Gasteiger partial charge in [-0.2, -0.15) is 0 Å². The molecule has 1 aliphatic heterocycles. The second kappa shape index (κ2) is 9.10. The summed E-state index contributed by atoms with van der Waals surface area (Å²) < 4.78 is 5.50. The van der Waals surface area contributed by atoms with Gasteiger partial charge in [0.05, 0.1) is 18.8 Å². The standard InChI is InChI=1S/C25H34N2O2/c1-6-25(26(4)5,18-21-10-8-7-9-11-21)24(28)22-16-19(2)23(20(3)17-22)27-12-14-29-15-13-27/h7-11,16-17H,6,12-15,18H2,1-5H3. The Morgan fingerprint density at radius 3 is 2.17 bits per heavy atom. The van der Waals surface area contributed by atoms with Crippen LogP contribution in [0.4, 0.5) is 5.69 Å². The van der Waals surface area contributed by atoms with Gasteiger partial charge in [-0.25, -0.2) is 0 Å². The van der Waals surface area contributed by atoms with Crippen LogP contribution in [-0.2, 0) is 11.2 Å². The Hall–Kier alpha value is -2.17. The molecule has 2 aromatic carbocycles. The maximum atomic E-state index is 13.9. The molecule has 2 aromatic rings. The van der Waals surface area contributed by atoms with Gasteiger partial charge >= 0.3 is 0 Å². The fraction of sp³-hybridized carbons (Fsp3) is 0.480. The second-order valence-corrected chi connectivity index (χ2v) is 8.33. The molecular formula is C25H34N2O2. The lowest BCUT2D eigenvalue weighted by Gasteiger charge is -2.38. The van der Waals surface area contributed by atoms with E-state index in [-0.39, 0.29) is 5.78 Å². The first kappa shape index (κ1) is 21.5. The van der Waals surface area contributed by atoms with Crippen molar-refractivity contribution in [2.75, 3.05) is 45.3 Å². The summed E-state index contributed by atoms with van der Waals surface area (Å²) >= 11 is 0. The molecule has 1 aliphatic rings. The lowest BCUT2D eigenvalue weighted by molar-refractivity contribution is 0.0666. The van der Waals surface area contributed by atoms with Crippen molar-refractivity contribution in [3.05, 3.63) is 64.7 Å². The smallest absolute Gasteiger partial charge is 0.183 e. The van der Waals surface area contributed by atoms with E-state index in [0.717, 1.165) is 38.3 Å². The number of nitrogens with zero attached hydrogens (tertiary/aromatic N) is 2. The molecule has 1 atom stereocenters. The number of carbonyl (C=O) groups excluding carboxylic acids is 1. The molecule has 156 valence electrons. The fourth-order valence-electron chi connectivity index (χ4n) is 4.62. The molecule has 0 saturated carbocycles. The summed E-state index contributed by atoms with van der Waals surface area (Å²) in [7, 11) is 4.04. The molecule has 0 N–H and O–H groups in total. The third-order valence-corrected chi connectivity index (χ3v) is 6.28. The number of anilines is 1. The van der Waals surface area contributed by atoms with E-state index in [4.69, 9.17) is 4.74 Å². The SMILES string of the molecule is CCC(Cc1ccccc1)(C(=O)c1cc(C)c(N2CCOCC2)c(C)c1)N(C)C. The minimum absolute atomic E-state index is 0.202. The van der Waals surface area contributed by atoms with Gasteiger partial charge in [-0.05, 0) is 69.6 Å². The molecule has 0 radical (unpaired) electrons. The van der Waals surface area contributed by atoms with Crippen molar-refractivity contribution in [2.24, 2.45) is 0 Å². The van der Waals surface area contributed by atoms with Crippen LogP contribution in [-0.4, -0.2) is 56.6 Å². The minimum Gasteiger partial charge on any atom is -0.378 e. The van der Waals surface area contributed by atoms with Gasteiger partial charge in [0.15, 0.2) is 5.78 Å². The van der Waals surface area contributed by atoms with Crippen LogP contribution < -0.4 is 4.90 Å². The molecule has 1 fully saturated rings. The van der Waals surface area contributed by atoms with Gasteiger partial charge in [-0.3, -0.25) is 9.69 Å².